The van der Waals surface area contributed by atoms with Crippen molar-refractivity contribution in [1.82, 2.24) is 4.90 Å². The van der Waals surface area contributed by atoms with Crippen LogP contribution in [0.5, 0.6) is 11.5 Å². The van der Waals surface area contributed by atoms with Gasteiger partial charge in [-0.1, -0.05) is 6.07 Å². The van der Waals surface area contributed by atoms with Crippen molar-refractivity contribution in [2.24, 2.45) is 0 Å². The van der Waals surface area contributed by atoms with Crippen molar-refractivity contribution in [3.63, 3.8) is 0 Å². The summed E-state index contributed by atoms with van der Waals surface area (Å²) in [5, 5.41) is 14.2. The van der Waals surface area contributed by atoms with E-state index in [0.717, 1.165) is 36.5 Å². The average molecular weight is 417 g/mol. The predicted octanol–water partition coefficient (Wildman–Crippen LogP) is 3.72. The first-order valence-electron chi connectivity index (χ1n) is 10.2. The van der Waals surface area contributed by atoms with Gasteiger partial charge in [0.05, 0.1) is 26.4 Å². The Kier molecular flexibility index (Phi) is 6.08. The molecule has 7 heteroatoms. The van der Waals surface area contributed by atoms with Gasteiger partial charge in [0.15, 0.2) is 11.5 Å². The number of benzene rings is 1. The van der Waals surface area contributed by atoms with E-state index in [2.05, 4.69) is 10.2 Å². The van der Waals surface area contributed by atoms with Crippen LogP contribution in [0.15, 0.2) is 18.2 Å². The van der Waals surface area contributed by atoms with Gasteiger partial charge >= 0.3 is 0 Å². The first-order valence-corrected chi connectivity index (χ1v) is 11.0. The van der Waals surface area contributed by atoms with Crippen LogP contribution in [0.3, 0.4) is 0 Å². The zero-order chi connectivity index (χ0) is 20.4. The van der Waals surface area contributed by atoms with Crippen molar-refractivity contribution in [3.05, 3.63) is 39.8 Å². The molecule has 2 heterocycles. The van der Waals surface area contributed by atoms with E-state index >= 15 is 0 Å². The molecule has 0 radical (unpaired) electrons. The highest BCUT2D eigenvalue weighted by molar-refractivity contribution is 7.16. The van der Waals surface area contributed by atoms with Crippen LogP contribution in [0.4, 0.5) is 5.00 Å². The Morgan fingerprint density at radius 3 is 2.76 bits per heavy atom. The van der Waals surface area contributed by atoms with E-state index in [1.165, 1.54) is 28.8 Å². The summed E-state index contributed by atoms with van der Waals surface area (Å²) < 4.78 is 11.0. The summed E-state index contributed by atoms with van der Waals surface area (Å²) in [6.45, 7) is 4.58. The molecule has 1 saturated heterocycles. The zero-order valence-corrected chi connectivity index (χ0v) is 17.8. The number of hydrogen-bond acceptors (Lipinski definition) is 6. The lowest BCUT2D eigenvalue weighted by Gasteiger charge is -2.36. The maximum Gasteiger partial charge on any atom is 0.221 e. The Morgan fingerprint density at radius 2 is 2.03 bits per heavy atom. The molecule has 2 aromatic rings. The van der Waals surface area contributed by atoms with Crippen LogP contribution in [-0.4, -0.2) is 49.3 Å². The van der Waals surface area contributed by atoms with Gasteiger partial charge in [-0.15, -0.1) is 11.3 Å². The number of amides is 1. The zero-order valence-electron chi connectivity index (χ0n) is 17.0. The summed E-state index contributed by atoms with van der Waals surface area (Å²) in [6.07, 6.45) is 4.48. The fourth-order valence-corrected chi connectivity index (χ4v) is 5.76. The summed E-state index contributed by atoms with van der Waals surface area (Å²) in [4.78, 5) is 15.8. The number of anilines is 1. The molecule has 1 aliphatic carbocycles. The highest BCUT2D eigenvalue weighted by Gasteiger charge is 2.33. The second kappa shape index (κ2) is 8.73. The number of carbonyl (C=O) groups is 1. The number of morpholine rings is 1. The molecule has 0 saturated carbocycles. The maximum absolute atomic E-state index is 12.0. The summed E-state index contributed by atoms with van der Waals surface area (Å²) >= 11 is 1.72. The number of ether oxygens (including phenoxy) is 2. The Morgan fingerprint density at radius 1 is 1.28 bits per heavy atom. The molecule has 2 N–H and O–H groups in total. The molecule has 1 atom stereocenters. The number of phenols is 1. The summed E-state index contributed by atoms with van der Waals surface area (Å²) in [6, 6.07) is 5.55. The molecule has 29 heavy (non-hydrogen) atoms. The van der Waals surface area contributed by atoms with E-state index in [9.17, 15) is 9.90 Å². The molecule has 1 unspecified atom stereocenters. The van der Waals surface area contributed by atoms with Crippen LogP contribution in [0.2, 0.25) is 0 Å². The van der Waals surface area contributed by atoms with Crippen molar-refractivity contribution >= 4 is 22.2 Å². The van der Waals surface area contributed by atoms with E-state index in [0.29, 0.717) is 19.0 Å². The first kappa shape index (κ1) is 20.2. The minimum Gasteiger partial charge on any atom is -0.504 e. The van der Waals surface area contributed by atoms with Gasteiger partial charge < -0.3 is 19.9 Å². The van der Waals surface area contributed by atoms with Gasteiger partial charge in [-0.3, -0.25) is 9.69 Å². The summed E-state index contributed by atoms with van der Waals surface area (Å²) in [5.74, 6) is 0.547. The van der Waals surface area contributed by atoms with Gasteiger partial charge in [0.2, 0.25) is 5.91 Å². The monoisotopic (exact) mass is 416 g/mol. The fourth-order valence-electron chi connectivity index (χ4n) is 4.39. The summed E-state index contributed by atoms with van der Waals surface area (Å²) in [5.41, 5.74) is 3.64. The molecule has 1 fully saturated rings. The number of methoxy groups -OCH3 is 1. The fraction of sp³-hybridized carbons (Fsp3) is 0.500. The maximum atomic E-state index is 12.0. The first-order chi connectivity index (χ1) is 14.1. The molecule has 4 rings (SSSR count). The third-order valence-electron chi connectivity index (χ3n) is 5.71. The van der Waals surface area contributed by atoms with Gasteiger partial charge in [-0.2, -0.15) is 0 Å². The lowest BCUT2D eigenvalue weighted by atomic mass is 9.88. The molecular weight excluding hydrogens is 388 g/mol. The highest BCUT2D eigenvalue weighted by Crippen LogP contribution is 2.46. The number of thiophene rings is 1. The number of hydrogen-bond donors (Lipinski definition) is 2. The standard InChI is InChI=1S/C22H28N2O4S/c1-14(25)23-22-20(16-5-3-4-6-19(16)29-22)21(24-9-11-28-12-10-24)15-7-8-17(26)18(13-15)27-2/h7-8,13,21,26H,3-6,9-12H2,1-2H3,(H,23,25). The SMILES string of the molecule is COc1cc(C(c2c(NC(C)=O)sc3c2CCCC3)N2CCOCC2)ccc1O. The van der Waals surface area contributed by atoms with Crippen LogP contribution in [-0.2, 0) is 22.4 Å². The number of carbonyl (C=O) groups excluding carboxylic acids is 1. The van der Waals surface area contributed by atoms with Gasteiger partial charge in [-0.05, 0) is 48.9 Å². The van der Waals surface area contributed by atoms with Crippen LogP contribution in [0, 0.1) is 0 Å². The molecule has 1 aromatic heterocycles. The number of phenolic OH excluding ortho intramolecular Hbond substituents is 1. The third kappa shape index (κ3) is 4.13. The molecule has 6 nitrogen and oxygen atoms in total. The van der Waals surface area contributed by atoms with Gasteiger partial charge in [0.1, 0.15) is 5.00 Å². The van der Waals surface area contributed by atoms with Crippen molar-refractivity contribution in [3.8, 4) is 11.5 Å². The number of nitrogens with one attached hydrogen (secondary N) is 1. The molecule has 0 bridgehead atoms. The van der Waals surface area contributed by atoms with Gasteiger partial charge in [0.25, 0.3) is 0 Å². The lowest BCUT2D eigenvalue weighted by molar-refractivity contribution is -0.114. The van der Waals surface area contributed by atoms with Crippen LogP contribution >= 0.6 is 11.3 Å². The minimum atomic E-state index is -0.0474. The van der Waals surface area contributed by atoms with E-state index in [4.69, 9.17) is 9.47 Å². The lowest BCUT2D eigenvalue weighted by Crippen LogP contribution is -2.40. The number of nitrogens with zero attached hydrogens (tertiary/aromatic N) is 1. The van der Waals surface area contributed by atoms with Crippen molar-refractivity contribution in [2.75, 3.05) is 38.7 Å². The van der Waals surface area contributed by atoms with Crippen molar-refractivity contribution in [2.45, 2.75) is 38.6 Å². The molecule has 1 aliphatic heterocycles. The number of rotatable bonds is 5. The Labute approximate surface area is 175 Å². The van der Waals surface area contributed by atoms with Gasteiger partial charge in [0, 0.05) is 30.5 Å². The average Bonchev–Trinajstić information content (AvgIpc) is 3.07. The molecule has 2 aliphatic rings. The molecular formula is C22H28N2O4S. The number of aryl methyl sites for hydroxylation is 1. The van der Waals surface area contributed by atoms with Crippen LogP contribution in [0.1, 0.15) is 47.4 Å². The molecule has 1 aromatic carbocycles. The predicted molar refractivity (Wildman–Crippen MR) is 114 cm³/mol. The Bertz CT molecular complexity index is 889. The van der Waals surface area contributed by atoms with E-state index in [-0.39, 0.29) is 17.7 Å². The second-order valence-corrected chi connectivity index (χ2v) is 8.72. The molecule has 1 amide bonds. The van der Waals surface area contributed by atoms with Crippen LogP contribution in [0.25, 0.3) is 0 Å². The normalized spacial score (nSPS) is 18.1. The quantitative estimate of drug-likeness (QED) is 0.777. The number of aromatic hydroxyl groups is 1. The molecule has 156 valence electrons. The summed E-state index contributed by atoms with van der Waals surface area (Å²) in [7, 11) is 1.57. The topological polar surface area (TPSA) is 71.0 Å². The number of fused-ring (bicyclic) bond motifs is 1. The van der Waals surface area contributed by atoms with Crippen molar-refractivity contribution in [1.29, 1.82) is 0 Å². The Hall–Kier alpha value is -2.09. The molecule has 0 spiro atoms. The van der Waals surface area contributed by atoms with E-state index in [1.54, 1.807) is 31.4 Å². The Balaban J connectivity index is 1.87. The minimum absolute atomic E-state index is 0.0200. The van der Waals surface area contributed by atoms with E-state index < -0.39 is 0 Å². The largest absolute Gasteiger partial charge is 0.504 e. The second-order valence-electron chi connectivity index (χ2n) is 7.62. The van der Waals surface area contributed by atoms with E-state index in [1.807, 2.05) is 12.1 Å². The van der Waals surface area contributed by atoms with Crippen LogP contribution < -0.4 is 10.1 Å². The smallest absolute Gasteiger partial charge is 0.221 e. The third-order valence-corrected chi connectivity index (χ3v) is 6.93. The van der Waals surface area contributed by atoms with Gasteiger partial charge in [-0.25, -0.2) is 0 Å². The highest BCUT2D eigenvalue weighted by atomic mass is 32.1. The van der Waals surface area contributed by atoms with Crippen molar-refractivity contribution < 1.29 is 19.4 Å².